The number of aliphatic imine (C=N–C) groups is 1. The summed E-state index contributed by atoms with van der Waals surface area (Å²) in [6, 6.07) is 0. The molecule has 0 aromatic rings. The van der Waals surface area contributed by atoms with Gasteiger partial charge in [-0.3, -0.25) is 4.99 Å². The molecule has 0 aliphatic heterocycles. The maximum atomic E-state index is 3.78. The summed E-state index contributed by atoms with van der Waals surface area (Å²) >= 11 is 0. The quantitative estimate of drug-likeness (QED) is 0.379. The van der Waals surface area contributed by atoms with Gasteiger partial charge in [-0.05, 0) is 12.5 Å². The molecule has 0 rings (SSSR count). The molecule has 0 heterocycles. The Balaban J connectivity index is 3.66. The predicted octanol–water partition coefficient (Wildman–Crippen LogP) is 1.82. The molecular weight excluding hydrogens is 98.1 g/mol. The van der Waals surface area contributed by atoms with E-state index in [-0.39, 0.29) is 0 Å². The number of hydrogen-bond donors (Lipinski definition) is 0. The summed E-state index contributed by atoms with van der Waals surface area (Å²) in [5.41, 5.74) is 0.940. The molecule has 0 spiro atoms. The molecule has 1 heteroatoms. The van der Waals surface area contributed by atoms with E-state index in [2.05, 4.69) is 11.6 Å². The van der Waals surface area contributed by atoms with Crippen LogP contribution in [0, 0.1) is 0 Å². The van der Waals surface area contributed by atoms with E-state index in [4.69, 9.17) is 0 Å². The van der Waals surface area contributed by atoms with Gasteiger partial charge >= 0.3 is 0 Å². The standard InChI is InChI=1S/C7H11N/c1-4-5-7(2)6-8-3/h4-6H,2H2,1,3H3/b5-4-,8-6?. The molecule has 0 aromatic heterocycles. The molecule has 0 saturated carbocycles. The van der Waals surface area contributed by atoms with Crippen molar-refractivity contribution in [3.8, 4) is 0 Å². The first-order chi connectivity index (χ1) is 3.81. The third kappa shape index (κ3) is 3.34. The molecule has 1 nitrogen and oxygen atoms in total. The lowest BCUT2D eigenvalue weighted by atomic mass is 10.3. The van der Waals surface area contributed by atoms with Gasteiger partial charge in [0.05, 0.1) is 0 Å². The fourth-order valence-electron chi connectivity index (χ4n) is 0.423. The van der Waals surface area contributed by atoms with Gasteiger partial charge in [-0.15, -0.1) is 0 Å². The van der Waals surface area contributed by atoms with Crippen LogP contribution < -0.4 is 0 Å². The van der Waals surface area contributed by atoms with Crippen LogP contribution in [0.25, 0.3) is 0 Å². The monoisotopic (exact) mass is 109 g/mol. The van der Waals surface area contributed by atoms with Gasteiger partial charge in [-0.2, -0.15) is 0 Å². The third-order valence-corrected chi connectivity index (χ3v) is 0.676. The topological polar surface area (TPSA) is 12.4 Å². The Bertz CT molecular complexity index is 106. The zero-order chi connectivity index (χ0) is 6.41. The molecule has 0 amide bonds. The van der Waals surface area contributed by atoms with Crippen molar-refractivity contribution >= 4 is 6.21 Å². The van der Waals surface area contributed by atoms with E-state index in [9.17, 15) is 0 Å². The molecule has 44 valence electrons. The molecule has 0 saturated heterocycles. The van der Waals surface area contributed by atoms with Crippen molar-refractivity contribution in [2.45, 2.75) is 6.92 Å². The molecule has 0 unspecified atom stereocenters. The van der Waals surface area contributed by atoms with E-state index in [0.717, 1.165) is 5.57 Å². The number of nitrogens with zero attached hydrogens (tertiary/aromatic N) is 1. The van der Waals surface area contributed by atoms with E-state index in [1.807, 2.05) is 19.1 Å². The van der Waals surface area contributed by atoms with E-state index in [1.165, 1.54) is 0 Å². The van der Waals surface area contributed by atoms with Crippen LogP contribution in [0.4, 0.5) is 0 Å². The zero-order valence-electron chi connectivity index (χ0n) is 5.39. The van der Waals surface area contributed by atoms with Crippen molar-refractivity contribution in [3.05, 3.63) is 24.3 Å². The zero-order valence-corrected chi connectivity index (χ0v) is 5.39. The Morgan fingerprint density at radius 2 is 2.25 bits per heavy atom. The number of hydrogen-bond acceptors (Lipinski definition) is 1. The van der Waals surface area contributed by atoms with Gasteiger partial charge < -0.3 is 0 Å². The molecule has 0 atom stereocenters. The highest BCUT2D eigenvalue weighted by molar-refractivity contribution is 5.80. The molecule has 8 heavy (non-hydrogen) atoms. The fraction of sp³-hybridized carbons (Fsp3) is 0.286. The van der Waals surface area contributed by atoms with Gasteiger partial charge in [-0.25, -0.2) is 0 Å². The fourth-order valence-corrected chi connectivity index (χ4v) is 0.423. The molecule has 0 bridgehead atoms. The number of allylic oxidation sites excluding steroid dienone is 3. The highest BCUT2D eigenvalue weighted by Gasteiger charge is 1.73. The summed E-state index contributed by atoms with van der Waals surface area (Å²) in [5, 5.41) is 0. The highest BCUT2D eigenvalue weighted by Crippen LogP contribution is 1.85. The minimum atomic E-state index is 0.940. The SMILES string of the molecule is C=C(C=NC)/C=C\C. The van der Waals surface area contributed by atoms with Gasteiger partial charge in [-0.1, -0.05) is 18.7 Å². The van der Waals surface area contributed by atoms with Crippen molar-refractivity contribution in [3.63, 3.8) is 0 Å². The minimum Gasteiger partial charge on any atom is -0.296 e. The van der Waals surface area contributed by atoms with Gasteiger partial charge in [0.1, 0.15) is 0 Å². The van der Waals surface area contributed by atoms with E-state index >= 15 is 0 Å². The summed E-state index contributed by atoms with van der Waals surface area (Å²) < 4.78 is 0. The molecule has 0 aliphatic carbocycles. The summed E-state index contributed by atoms with van der Waals surface area (Å²) in [4.78, 5) is 3.78. The second-order valence-corrected chi connectivity index (χ2v) is 1.46. The average molecular weight is 109 g/mol. The molecule has 0 aromatic carbocycles. The van der Waals surface area contributed by atoms with Crippen molar-refractivity contribution in [2.75, 3.05) is 7.05 Å². The first-order valence-corrected chi connectivity index (χ1v) is 2.55. The predicted molar refractivity (Wildman–Crippen MR) is 38.4 cm³/mol. The molecule has 0 radical (unpaired) electrons. The molecular formula is C7H11N. The van der Waals surface area contributed by atoms with Crippen LogP contribution in [0.3, 0.4) is 0 Å². The van der Waals surface area contributed by atoms with Crippen molar-refractivity contribution in [2.24, 2.45) is 4.99 Å². The van der Waals surface area contributed by atoms with E-state index in [1.54, 1.807) is 13.3 Å². The van der Waals surface area contributed by atoms with E-state index in [0.29, 0.717) is 0 Å². The maximum absolute atomic E-state index is 3.78. The molecule has 0 aliphatic rings. The summed E-state index contributed by atoms with van der Waals surface area (Å²) in [6.07, 6.45) is 5.57. The van der Waals surface area contributed by atoms with Gasteiger partial charge in [0.15, 0.2) is 0 Å². The van der Waals surface area contributed by atoms with Crippen LogP contribution in [-0.2, 0) is 0 Å². The van der Waals surface area contributed by atoms with Gasteiger partial charge in [0.2, 0.25) is 0 Å². The first-order valence-electron chi connectivity index (χ1n) is 2.55. The van der Waals surface area contributed by atoms with Crippen LogP contribution in [0.2, 0.25) is 0 Å². The Hall–Kier alpha value is -0.850. The normalized spacial score (nSPS) is 11.2. The van der Waals surface area contributed by atoms with Crippen LogP contribution in [0.15, 0.2) is 29.3 Å². The van der Waals surface area contributed by atoms with Crippen LogP contribution >= 0.6 is 0 Å². The lowest BCUT2D eigenvalue weighted by Crippen LogP contribution is -1.73. The lowest BCUT2D eigenvalue weighted by Gasteiger charge is -1.81. The Labute approximate surface area is 50.4 Å². The second kappa shape index (κ2) is 4.31. The van der Waals surface area contributed by atoms with Crippen LogP contribution in [0.5, 0.6) is 0 Å². The first kappa shape index (κ1) is 7.15. The maximum Gasteiger partial charge on any atom is 0.0277 e. The Morgan fingerprint density at radius 3 is 2.62 bits per heavy atom. The van der Waals surface area contributed by atoms with Crippen LogP contribution in [-0.4, -0.2) is 13.3 Å². The second-order valence-electron chi connectivity index (χ2n) is 1.46. The lowest BCUT2D eigenvalue weighted by molar-refractivity contribution is 1.47. The average Bonchev–Trinajstić information content (AvgIpc) is 1.68. The van der Waals surface area contributed by atoms with Gasteiger partial charge in [0.25, 0.3) is 0 Å². The van der Waals surface area contributed by atoms with Crippen molar-refractivity contribution in [1.82, 2.24) is 0 Å². The van der Waals surface area contributed by atoms with Gasteiger partial charge in [0, 0.05) is 13.3 Å². The molecule has 0 fully saturated rings. The Kier molecular flexibility index (Phi) is 3.85. The minimum absolute atomic E-state index is 0.940. The van der Waals surface area contributed by atoms with E-state index < -0.39 is 0 Å². The number of rotatable bonds is 2. The van der Waals surface area contributed by atoms with Crippen molar-refractivity contribution < 1.29 is 0 Å². The third-order valence-electron chi connectivity index (χ3n) is 0.676. The van der Waals surface area contributed by atoms with Crippen molar-refractivity contribution in [1.29, 1.82) is 0 Å². The largest absolute Gasteiger partial charge is 0.296 e. The highest BCUT2D eigenvalue weighted by atomic mass is 14.6. The summed E-state index contributed by atoms with van der Waals surface area (Å²) in [5.74, 6) is 0. The summed E-state index contributed by atoms with van der Waals surface area (Å²) in [6.45, 7) is 5.65. The summed E-state index contributed by atoms with van der Waals surface area (Å²) in [7, 11) is 1.73. The molecule has 0 N–H and O–H groups in total. The van der Waals surface area contributed by atoms with Crippen LogP contribution in [0.1, 0.15) is 6.92 Å². The smallest absolute Gasteiger partial charge is 0.0277 e. The Morgan fingerprint density at radius 1 is 1.62 bits per heavy atom.